The van der Waals surface area contributed by atoms with Gasteiger partial charge in [0.25, 0.3) is 0 Å². The van der Waals surface area contributed by atoms with Crippen LogP contribution in [0, 0.1) is 5.92 Å². The predicted molar refractivity (Wildman–Crippen MR) is 536 cm³/mol. The maximum atomic E-state index is 15.9. The molecule has 40 atom stereocenters. The minimum atomic E-state index is -5.73. The Labute approximate surface area is 793 Å². The third-order valence-electron chi connectivity index (χ3n) is 28.4. The van der Waals surface area contributed by atoms with E-state index in [0.717, 1.165) is 41.0 Å². The van der Waals surface area contributed by atoms with Gasteiger partial charge in [-0.2, -0.15) is 0 Å². The normalized spacial score (nSPS) is 50.6. The van der Waals surface area contributed by atoms with E-state index in [1.807, 2.05) is 0 Å². The molecule has 6 aliphatic heterocycles. The summed E-state index contributed by atoms with van der Waals surface area (Å²) < 4.78 is 299. The molecule has 23 N–H and O–H groups in total. The molecule has 0 saturated carbocycles. The minimum absolute atomic E-state index is 0.115. The van der Waals surface area contributed by atoms with Crippen LogP contribution in [-0.2, 0) is 120 Å². The molecule has 0 radical (unpaired) electrons. The number of hydrogen-bond donors (Lipinski definition) is 23. The lowest BCUT2D eigenvalue weighted by atomic mass is 10.0. The highest BCUT2D eigenvalue weighted by molar-refractivity contribution is 8.14. The fraction of sp³-hybridized carbons (Fsp3) is 0.985. The number of carboxylic acid groups (broad SMARTS) is 1. The molecule has 792 valence electrons. The molecule has 6 rings (SSSR count). The van der Waals surface area contributed by atoms with E-state index in [0.29, 0.717) is 0 Å². The molecule has 68 heteroatoms. The molecule has 0 amide bonds. The molecule has 6 fully saturated rings. The van der Waals surface area contributed by atoms with Crippen LogP contribution in [0.4, 0.5) is 0 Å². The van der Waals surface area contributed by atoms with Crippen LogP contribution in [0.3, 0.4) is 0 Å². The number of carbonyl (C=O) groups is 1. The maximum Gasteiger partial charge on any atom is 0.307 e. The molecule has 40 unspecified atom stereocenters. The van der Waals surface area contributed by atoms with E-state index < -0.39 is 499 Å². The molecule has 6 saturated heterocycles. The fourth-order valence-corrected chi connectivity index (χ4v) is 88.2. The Balaban J connectivity index is 1.58. The zero-order valence-corrected chi connectivity index (χ0v) is 97.0. The highest BCUT2D eigenvalue weighted by Gasteiger charge is 2.57. The Morgan fingerprint density at radius 3 is 0.925 bits per heavy atom. The third-order valence-corrected chi connectivity index (χ3v) is 88.5. The van der Waals surface area contributed by atoms with Gasteiger partial charge in [-0.15, -0.1) is 0 Å². The van der Waals surface area contributed by atoms with E-state index in [2.05, 4.69) is 0 Å². The Kier molecular flexibility index (Phi) is 44.6. The van der Waals surface area contributed by atoms with Crippen LogP contribution < -0.4 is 0 Å². The van der Waals surface area contributed by atoms with Gasteiger partial charge < -0.3 is 113 Å². The van der Waals surface area contributed by atoms with Crippen molar-refractivity contribution in [3.8, 4) is 0 Å². The van der Waals surface area contributed by atoms with Crippen LogP contribution in [0.15, 0.2) is 0 Å². The first kappa shape index (κ1) is 127. The van der Waals surface area contributed by atoms with Crippen LogP contribution in [0.1, 0.15) is 131 Å². The summed E-state index contributed by atoms with van der Waals surface area (Å²) in [5, 5.41) is 10.4. The van der Waals surface area contributed by atoms with Crippen molar-refractivity contribution in [3.05, 3.63) is 0 Å². The zero-order valence-electron chi connectivity index (χ0n) is 75.7. The summed E-state index contributed by atoms with van der Waals surface area (Å²) in [5.41, 5.74) is -34.7. The Morgan fingerprint density at radius 2 is 0.590 bits per heavy atom. The largest absolute Gasteiger partial charge is 0.481 e. The van der Waals surface area contributed by atoms with E-state index in [4.69, 9.17) is 23.6 Å². The van der Waals surface area contributed by atoms with E-state index >= 15 is 54.8 Å². The van der Waals surface area contributed by atoms with Crippen molar-refractivity contribution in [2.45, 2.75) is 227 Å². The van der Waals surface area contributed by atoms with Gasteiger partial charge in [-0.3, -0.25) is 96.1 Å². The molecule has 0 aromatic carbocycles. The smallest absolute Gasteiger partial charge is 0.307 e. The Hall–Kier alpha value is 4.49. The average Bonchev–Trinajstić information content (AvgIpc) is 0.771. The van der Waals surface area contributed by atoms with Gasteiger partial charge in [-0.25, -0.2) is 0 Å². The lowest BCUT2D eigenvalue weighted by Gasteiger charge is -2.39. The molecule has 134 heavy (non-hydrogen) atoms. The molecule has 6 aliphatic rings. The molecule has 0 aromatic rings. The number of fused-ring (bicyclic) bond motifs is 15. The lowest BCUT2D eigenvalue weighted by molar-refractivity contribution is -0.141. The Bertz CT molecular complexity index is 5390. The topological polar surface area (TPSA) is 824 Å². The molecule has 10 bridgehead atoms. The third kappa shape index (κ3) is 36.9. The van der Waals surface area contributed by atoms with E-state index in [9.17, 15) is 154 Å². The van der Waals surface area contributed by atoms with Crippen molar-refractivity contribution in [1.29, 1.82) is 0 Å². The standard InChI is InChI=1S/C66H142O44P22S2/c1-8-53-10-9-52(66(67)68)35-127(101,102)63-21-22-65(47-131(53,109)133)132(110,134)46-64-20-13-56(129(105,106)45-63)38-115(77,78)26-30-119(85,86)59-16-19-61(42-123(93,94)51(5)34-126(64,99)100)130(107,108)44-62-18-12-55(128(103,104)43-59)37-114(75,76)24-28-117(81,82)54-11-17-60(41-122(91,92)50(4)33-125(62,97)98)124(95,96)32-49(3)121(89,90)40-57(116(79,80)27-23-111(6,69)70)14-15-58(118(83,84)29-25-113(73,74)36-54)39-120(87,88)48(2)31-112(7,71)72/h48-65H,8-47H2,1-7H3,(H,67,68)(H,69,70)(H,71,72)(H,73,74)(H,75,76)(H,77,78)(H,79,80)(H,81,82)(H,83,84)(H,85,86)(H,87,88)(H,89,90)(H,91,92)(H,93,94)(H,95,96)(H,97,98)(H,99,100)(H,101,102)(H,103,104)(H,105,106)(H,107,108)(H,109,133)(H,110,134). The summed E-state index contributed by atoms with van der Waals surface area (Å²) >= 11 is 11.8. The lowest BCUT2D eigenvalue weighted by Crippen LogP contribution is -2.33. The summed E-state index contributed by atoms with van der Waals surface area (Å²) in [6.07, 6.45) is -53.7. The summed E-state index contributed by atoms with van der Waals surface area (Å²) in [5.74, 6) is -3.18. The SMILES string of the molecule is CCC1CCC(C(=O)O)CP(=O)(O)C2CCC(CP1(O)=S)P(O)(=S)CC1CCC(CP(=O)(O)CCP(=O)(O)C3CCC(CP(=O)(O)C(C)CP1(=O)O)P(=O)(O)CC1CCC(CP(=O)(O)CCP(=O)(O)C4CCC(CP(=O)(O)C(C)CP1(=O)O)P(=O)(O)CC(C)P(=O)(O)CC(P(=O)(O)CCP(C)(=O)O)CCC(CP(=O)(O)C(C)CP(C)(=O)O)P(=O)(O)CCP(=O)(O)C4)P(=O)(O)C3)P(=O)(O)C2. The average molecular weight is 2390 g/mol. The number of carboxylic acids is 1. The second-order valence-electron chi connectivity index (χ2n) is 39.8. The summed E-state index contributed by atoms with van der Waals surface area (Å²) in [4.78, 5) is 280. The van der Waals surface area contributed by atoms with Gasteiger partial charge in [0, 0.05) is 264 Å². The van der Waals surface area contributed by atoms with Crippen molar-refractivity contribution >= 4 is 189 Å². The van der Waals surface area contributed by atoms with Crippen LogP contribution in [-0.4, -0.2) is 382 Å². The minimum Gasteiger partial charge on any atom is -0.481 e. The van der Waals surface area contributed by atoms with Crippen molar-refractivity contribution in [1.82, 2.24) is 0 Å². The second kappa shape index (κ2) is 47.0. The molecule has 0 spiro atoms. The molecular weight excluding hydrogens is 2240 g/mol. The first-order chi connectivity index (χ1) is 59.8. The Morgan fingerprint density at radius 1 is 0.313 bits per heavy atom. The van der Waals surface area contributed by atoms with Gasteiger partial charge >= 0.3 is 5.97 Å². The summed E-state index contributed by atoms with van der Waals surface area (Å²) in [6, 6.07) is 0. The highest BCUT2D eigenvalue weighted by atomic mass is 32.5. The second-order valence-corrected chi connectivity index (χ2v) is 101. The molecular formula is C66H142O44P22S2. The molecule has 0 aromatic heterocycles. The van der Waals surface area contributed by atoms with Gasteiger partial charge in [0.2, 0.25) is 133 Å². The molecule has 44 nitrogen and oxygen atoms in total. The van der Waals surface area contributed by atoms with Crippen LogP contribution in [0.25, 0.3) is 0 Å². The first-order valence-corrected chi connectivity index (χ1v) is 89.3. The number of hydrogen-bond acceptors (Lipinski definition) is 23. The summed E-state index contributed by atoms with van der Waals surface area (Å²) in [6.45, 7) is 6.82. The van der Waals surface area contributed by atoms with Crippen molar-refractivity contribution in [2.75, 3.05) is 167 Å². The highest BCUT2D eigenvalue weighted by Crippen LogP contribution is 2.75. The van der Waals surface area contributed by atoms with Crippen LogP contribution >= 0.6 is 160 Å². The fourth-order valence-electron chi connectivity index (χ4n) is 19.2. The van der Waals surface area contributed by atoms with Gasteiger partial charge in [0.15, 0.2) is 14.7 Å². The molecule has 0 aliphatic carbocycles. The summed E-state index contributed by atoms with van der Waals surface area (Å²) in [7, 11) is -106. The van der Waals surface area contributed by atoms with Crippen LogP contribution in [0.2, 0.25) is 0 Å². The number of rotatable bonds is 11. The van der Waals surface area contributed by atoms with Gasteiger partial charge in [0.1, 0.15) is 0 Å². The van der Waals surface area contributed by atoms with E-state index in [-0.39, 0.29) is 19.3 Å². The van der Waals surface area contributed by atoms with Crippen molar-refractivity contribution in [3.63, 3.8) is 0 Å². The maximum absolute atomic E-state index is 15.9. The van der Waals surface area contributed by atoms with Gasteiger partial charge in [-0.1, -0.05) is 58.2 Å². The van der Waals surface area contributed by atoms with Crippen molar-refractivity contribution < 1.29 is 209 Å². The number of aliphatic carboxylic acids is 1. The monoisotopic (exact) mass is 2380 g/mol. The predicted octanol–water partition coefficient (Wildman–Crippen LogP) is 12.4. The quantitative estimate of drug-likeness (QED) is 0.0854. The molecule has 6 heterocycles. The van der Waals surface area contributed by atoms with Crippen LogP contribution in [0.5, 0.6) is 0 Å². The van der Waals surface area contributed by atoms with Gasteiger partial charge in [0.05, 0.1) is 18.4 Å². The van der Waals surface area contributed by atoms with E-state index in [1.54, 1.807) is 6.92 Å². The zero-order chi connectivity index (χ0) is 103. The van der Waals surface area contributed by atoms with Gasteiger partial charge in [-0.05, 0) is 96.3 Å². The van der Waals surface area contributed by atoms with E-state index in [1.165, 1.54) is 0 Å². The first-order valence-electron chi connectivity index (χ1n) is 43.9. The van der Waals surface area contributed by atoms with Crippen molar-refractivity contribution in [2.24, 2.45) is 5.92 Å².